The Morgan fingerprint density at radius 3 is 2.45 bits per heavy atom. The van der Waals surface area contributed by atoms with E-state index < -0.39 is 44.5 Å². The molecule has 192 valence electrons. The predicted octanol–water partition coefficient (Wildman–Crippen LogP) is 3.53. The maximum atomic E-state index is 12.6. The van der Waals surface area contributed by atoms with Gasteiger partial charge in [0.2, 0.25) is 0 Å². The number of ether oxygens (including phenoxy) is 1. The normalized spacial score (nSPS) is 20.2. The number of aromatic nitrogens is 2. The summed E-state index contributed by atoms with van der Waals surface area (Å²) in [5, 5.41) is 16.3. The summed E-state index contributed by atoms with van der Waals surface area (Å²) in [4.78, 5) is 27.5. The zero-order valence-electron chi connectivity index (χ0n) is 20.3. The van der Waals surface area contributed by atoms with E-state index in [4.69, 9.17) is 13.8 Å². The van der Waals surface area contributed by atoms with E-state index in [9.17, 15) is 19.3 Å². The number of nitrogens with zero attached hydrogens (tertiary/aromatic N) is 1. The van der Waals surface area contributed by atoms with Gasteiger partial charge in [-0.25, -0.2) is 4.79 Å². The van der Waals surface area contributed by atoms with Crippen molar-refractivity contribution < 1.29 is 23.5 Å². The first kappa shape index (κ1) is 24.6. The lowest BCUT2D eigenvalue weighted by molar-refractivity contribution is -0.0426. The average molecular weight is 530 g/mol. The number of rotatable bonds is 5. The summed E-state index contributed by atoms with van der Waals surface area (Å²) in [6.45, 7) is -0.403. The third-order valence-electron chi connectivity index (χ3n) is 6.91. The van der Waals surface area contributed by atoms with Gasteiger partial charge in [0.1, 0.15) is 17.9 Å². The molecule has 0 radical (unpaired) electrons. The standard InChI is InChI=1S/C28H23N2O7P/c1-35-38(34)37-22-13-24(36-23(22)15-31)30-14-20(27(32)29-28(30)33)10-6-16-5-7-19-9-8-17-3-2-4-18-11-12-21(16)26(19)25(17)18/h2-5,7-9,11-12,14,22-24,31,38H,13,15H2,1H3,(H,29,32,33)/t22-,23-,24-/m1/s1. The second-order valence-corrected chi connectivity index (χ2v) is 10.2. The van der Waals surface area contributed by atoms with E-state index in [1.54, 1.807) is 0 Å². The molecule has 6 rings (SSSR count). The van der Waals surface area contributed by atoms with Crippen LogP contribution in [0.2, 0.25) is 0 Å². The Balaban J connectivity index is 1.39. The number of aliphatic hydroxyl groups is 1. The third kappa shape index (κ3) is 4.23. The van der Waals surface area contributed by atoms with Gasteiger partial charge in [-0.1, -0.05) is 60.4 Å². The topological polar surface area (TPSA) is 120 Å². The summed E-state index contributed by atoms with van der Waals surface area (Å²) in [5.41, 5.74) is -0.479. The number of hydrogen-bond acceptors (Lipinski definition) is 7. The van der Waals surface area contributed by atoms with Crippen LogP contribution in [-0.2, 0) is 18.3 Å². The number of aromatic amines is 1. The summed E-state index contributed by atoms with van der Waals surface area (Å²) in [6.07, 6.45) is -0.955. The van der Waals surface area contributed by atoms with E-state index in [-0.39, 0.29) is 12.0 Å². The fourth-order valence-corrected chi connectivity index (χ4v) is 5.69. The van der Waals surface area contributed by atoms with E-state index in [1.165, 1.54) is 23.3 Å². The van der Waals surface area contributed by atoms with Crippen LogP contribution in [0.3, 0.4) is 0 Å². The Morgan fingerprint density at radius 1 is 1.03 bits per heavy atom. The molecular formula is C28H23N2O7P. The molecule has 0 amide bonds. The summed E-state index contributed by atoms with van der Waals surface area (Å²) in [5.74, 6) is 6.03. The minimum absolute atomic E-state index is 0.0780. The summed E-state index contributed by atoms with van der Waals surface area (Å²) in [7, 11) is -1.52. The second-order valence-electron chi connectivity index (χ2n) is 9.09. The van der Waals surface area contributed by atoms with Crippen molar-refractivity contribution in [2.45, 2.75) is 24.9 Å². The number of benzene rings is 4. The van der Waals surface area contributed by atoms with Gasteiger partial charge in [-0.15, -0.1) is 0 Å². The van der Waals surface area contributed by atoms with Crippen LogP contribution in [0.15, 0.2) is 70.4 Å². The zero-order valence-corrected chi connectivity index (χ0v) is 21.3. The molecular weight excluding hydrogens is 507 g/mol. The maximum Gasteiger partial charge on any atom is 0.330 e. The van der Waals surface area contributed by atoms with Crippen LogP contribution in [0.25, 0.3) is 32.3 Å². The highest BCUT2D eigenvalue weighted by Crippen LogP contribution is 2.37. The summed E-state index contributed by atoms with van der Waals surface area (Å²) in [6, 6.07) is 18.4. The van der Waals surface area contributed by atoms with Crippen molar-refractivity contribution in [2.24, 2.45) is 0 Å². The monoisotopic (exact) mass is 530 g/mol. The predicted molar refractivity (Wildman–Crippen MR) is 144 cm³/mol. The molecule has 1 unspecified atom stereocenters. The number of hydrogen-bond donors (Lipinski definition) is 2. The molecule has 0 spiro atoms. The number of nitrogens with one attached hydrogen (secondary N) is 1. The first-order valence-electron chi connectivity index (χ1n) is 12.0. The molecule has 1 saturated heterocycles. The molecule has 2 N–H and O–H groups in total. The fourth-order valence-electron chi connectivity index (χ4n) is 5.10. The van der Waals surface area contributed by atoms with Crippen LogP contribution in [0.4, 0.5) is 0 Å². The number of aliphatic hydroxyl groups excluding tert-OH is 1. The smallest absolute Gasteiger partial charge is 0.330 e. The maximum absolute atomic E-state index is 12.6. The minimum Gasteiger partial charge on any atom is -0.394 e. The number of H-pyrrole nitrogens is 1. The van der Waals surface area contributed by atoms with Gasteiger partial charge in [0, 0.05) is 25.3 Å². The largest absolute Gasteiger partial charge is 0.394 e. The van der Waals surface area contributed by atoms with Crippen LogP contribution in [-0.4, -0.2) is 40.6 Å². The van der Waals surface area contributed by atoms with E-state index in [0.29, 0.717) is 0 Å². The molecule has 5 aromatic rings. The lowest BCUT2D eigenvalue weighted by atomic mass is 9.92. The van der Waals surface area contributed by atoms with Gasteiger partial charge in [0.25, 0.3) is 5.56 Å². The minimum atomic E-state index is -2.77. The highest BCUT2D eigenvalue weighted by molar-refractivity contribution is 7.33. The van der Waals surface area contributed by atoms with Gasteiger partial charge < -0.3 is 18.9 Å². The quantitative estimate of drug-likeness (QED) is 0.203. The van der Waals surface area contributed by atoms with Crippen LogP contribution < -0.4 is 11.2 Å². The summed E-state index contributed by atoms with van der Waals surface area (Å²) < 4.78 is 28.7. The molecule has 1 fully saturated rings. The van der Waals surface area contributed by atoms with Gasteiger partial charge in [0.05, 0.1) is 12.7 Å². The highest BCUT2D eigenvalue weighted by atomic mass is 31.1. The van der Waals surface area contributed by atoms with Crippen LogP contribution in [0.5, 0.6) is 0 Å². The van der Waals surface area contributed by atoms with Crippen LogP contribution in [0, 0.1) is 11.8 Å². The molecule has 0 saturated carbocycles. The first-order valence-corrected chi connectivity index (χ1v) is 13.2. The van der Waals surface area contributed by atoms with Crippen molar-refractivity contribution in [1.82, 2.24) is 9.55 Å². The van der Waals surface area contributed by atoms with Crippen LogP contribution >= 0.6 is 8.25 Å². The molecule has 4 atom stereocenters. The third-order valence-corrected chi connectivity index (χ3v) is 7.74. The Bertz CT molecular complexity index is 1870. The second kappa shape index (κ2) is 9.84. The van der Waals surface area contributed by atoms with Crippen molar-refractivity contribution in [3.05, 3.63) is 92.8 Å². The fraction of sp³-hybridized carbons (Fsp3) is 0.214. The lowest BCUT2D eigenvalue weighted by Gasteiger charge is -2.15. The Kier molecular flexibility index (Phi) is 6.36. The Morgan fingerprint density at radius 2 is 1.71 bits per heavy atom. The van der Waals surface area contributed by atoms with Gasteiger partial charge >= 0.3 is 13.9 Å². The molecule has 2 heterocycles. The van der Waals surface area contributed by atoms with Gasteiger partial charge in [-0.2, -0.15) is 0 Å². The molecule has 0 bridgehead atoms. The van der Waals surface area contributed by atoms with Crippen molar-refractivity contribution in [1.29, 1.82) is 0 Å². The Labute approximate surface area is 216 Å². The highest BCUT2D eigenvalue weighted by Gasteiger charge is 2.38. The van der Waals surface area contributed by atoms with Crippen molar-refractivity contribution in [2.75, 3.05) is 13.7 Å². The van der Waals surface area contributed by atoms with Gasteiger partial charge in [0.15, 0.2) is 0 Å². The first-order chi connectivity index (χ1) is 18.5. The molecule has 0 aliphatic carbocycles. The molecule has 4 aromatic carbocycles. The molecule has 10 heteroatoms. The van der Waals surface area contributed by atoms with Gasteiger partial charge in [-0.05, 0) is 38.4 Å². The average Bonchev–Trinajstić information content (AvgIpc) is 3.33. The molecule has 1 aliphatic heterocycles. The molecule has 38 heavy (non-hydrogen) atoms. The van der Waals surface area contributed by atoms with E-state index in [0.717, 1.165) is 32.5 Å². The van der Waals surface area contributed by atoms with Crippen LogP contribution in [0.1, 0.15) is 23.8 Å². The van der Waals surface area contributed by atoms with E-state index in [1.807, 2.05) is 24.3 Å². The summed E-state index contributed by atoms with van der Waals surface area (Å²) >= 11 is 0. The Hall–Kier alpha value is -3.77. The lowest BCUT2D eigenvalue weighted by Crippen LogP contribution is -2.33. The molecule has 9 nitrogen and oxygen atoms in total. The SMILES string of the molecule is CO[PH](=O)O[C@@H]1C[C@H](n2cc(C#Cc3ccc4ccc5cccc6ccc3c4c56)c(=O)[nH]c2=O)O[C@@H]1CO. The van der Waals surface area contributed by atoms with E-state index in [2.05, 4.69) is 47.2 Å². The molecule has 1 aliphatic rings. The van der Waals surface area contributed by atoms with Crippen molar-refractivity contribution >= 4 is 40.6 Å². The van der Waals surface area contributed by atoms with Gasteiger partial charge in [-0.3, -0.25) is 18.9 Å². The van der Waals surface area contributed by atoms with Crippen molar-refractivity contribution in [3.63, 3.8) is 0 Å². The van der Waals surface area contributed by atoms with E-state index >= 15 is 0 Å². The zero-order chi connectivity index (χ0) is 26.4. The van der Waals surface area contributed by atoms with Crippen molar-refractivity contribution in [3.8, 4) is 11.8 Å². The molecule has 1 aromatic heterocycles.